The van der Waals surface area contributed by atoms with Crippen LogP contribution in [0.5, 0.6) is 0 Å². The fourth-order valence-electron chi connectivity index (χ4n) is 1.66. The maximum absolute atomic E-state index is 11.1. The Morgan fingerprint density at radius 1 is 1.30 bits per heavy atom. The van der Waals surface area contributed by atoms with Crippen LogP contribution in [-0.4, -0.2) is 16.0 Å². The maximum atomic E-state index is 11.1. The highest BCUT2D eigenvalue weighted by molar-refractivity contribution is 14.1. The second kappa shape index (κ2) is 5.87. The van der Waals surface area contributed by atoms with Gasteiger partial charge in [0, 0.05) is 6.07 Å². The topological polar surface area (TPSA) is 93.6 Å². The van der Waals surface area contributed by atoms with Crippen LogP contribution in [0.25, 0.3) is 12.2 Å². The average molecular weight is 385 g/mol. The number of hydrogen-bond donors (Lipinski definition) is 1. The SMILES string of the molecule is O=C(O)c1cccc([N+](=O)[O-])c1/C=C/c1ccc(I)o1. The molecular formula is C13H8INO5. The lowest BCUT2D eigenvalue weighted by molar-refractivity contribution is -0.385. The third-order valence-electron chi connectivity index (χ3n) is 2.52. The third kappa shape index (κ3) is 3.05. The highest BCUT2D eigenvalue weighted by Gasteiger charge is 2.19. The first-order chi connectivity index (χ1) is 9.49. The molecule has 0 unspecified atom stereocenters. The van der Waals surface area contributed by atoms with Crippen molar-refractivity contribution >= 4 is 46.4 Å². The molecule has 6 nitrogen and oxygen atoms in total. The number of furan rings is 1. The van der Waals surface area contributed by atoms with E-state index in [2.05, 4.69) is 0 Å². The molecule has 1 N–H and O–H groups in total. The van der Waals surface area contributed by atoms with Crippen LogP contribution in [0.2, 0.25) is 0 Å². The minimum atomic E-state index is -1.22. The van der Waals surface area contributed by atoms with Crippen LogP contribution in [0.3, 0.4) is 0 Å². The molecular weight excluding hydrogens is 377 g/mol. The minimum absolute atomic E-state index is 0.0383. The number of aromatic carboxylic acids is 1. The molecule has 0 aliphatic heterocycles. The van der Waals surface area contributed by atoms with Crippen molar-refractivity contribution in [3.63, 3.8) is 0 Å². The maximum Gasteiger partial charge on any atom is 0.336 e. The van der Waals surface area contributed by atoms with Crippen LogP contribution in [0.15, 0.2) is 34.7 Å². The number of halogens is 1. The number of carbonyl (C=O) groups is 1. The Bertz CT molecular complexity index is 672. The summed E-state index contributed by atoms with van der Waals surface area (Å²) in [5, 5.41) is 20.1. The van der Waals surface area contributed by atoms with Gasteiger partial charge in [-0.05, 0) is 52.9 Å². The first-order valence-corrected chi connectivity index (χ1v) is 6.51. The van der Waals surface area contributed by atoms with Crippen LogP contribution < -0.4 is 0 Å². The van der Waals surface area contributed by atoms with Gasteiger partial charge in [-0.1, -0.05) is 6.07 Å². The molecule has 0 fully saturated rings. The quantitative estimate of drug-likeness (QED) is 0.493. The summed E-state index contributed by atoms with van der Waals surface area (Å²) in [6.45, 7) is 0. The summed E-state index contributed by atoms with van der Waals surface area (Å²) in [7, 11) is 0. The molecule has 2 aromatic rings. The van der Waals surface area contributed by atoms with Crippen LogP contribution in [0, 0.1) is 13.9 Å². The third-order valence-corrected chi connectivity index (χ3v) is 3.10. The fraction of sp³-hybridized carbons (Fsp3) is 0. The Labute approximate surface area is 127 Å². The predicted octanol–water partition coefficient (Wildman–Crippen LogP) is 3.66. The van der Waals surface area contributed by atoms with Crippen LogP contribution in [0.1, 0.15) is 21.7 Å². The first kappa shape index (κ1) is 14.3. The van der Waals surface area contributed by atoms with E-state index in [1.54, 1.807) is 12.1 Å². The van der Waals surface area contributed by atoms with Gasteiger partial charge < -0.3 is 9.52 Å². The Kier molecular flexibility index (Phi) is 4.18. The van der Waals surface area contributed by atoms with Gasteiger partial charge in [-0.15, -0.1) is 0 Å². The van der Waals surface area contributed by atoms with Gasteiger partial charge in [0.2, 0.25) is 0 Å². The van der Waals surface area contributed by atoms with Crippen molar-refractivity contribution in [2.24, 2.45) is 0 Å². The molecule has 1 heterocycles. The summed E-state index contributed by atoms with van der Waals surface area (Å²) in [6.07, 6.45) is 2.87. The van der Waals surface area contributed by atoms with Gasteiger partial charge in [-0.2, -0.15) is 0 Å². The lowest BCUT2D eigenvalue weighted by Crippen LogP contribution is -2.02. The molecule has 1 aromatic carbocycles. The number of carboxylic acid groups (broad SMARTS) is 1. The number of nitro groups is 1. The molecule has 7 heteroatoms. The van der Waals surface area contributed by atoms with Crippen molar-refractivity contribution in [2.45, 2.75) is 0 Å². The molecule has 0 bridgehead atoms. The molecule has 0 saturated heterocycles. The number of benzene rings is 1. The second-order valence-corrected chi connectivity index (χ2v) is 4.84. The molecule has 102 valence electrons. The van der Waals surface area contributed by atoms with E-state index in [0.717, 1.165) is 0 Å². The summed E-state index contributed by atoms with van der Waals surface area (Å²) in [4.78, 5) is 21.5. The molecule has 0 amide bonds. The van der Waals surface area contributed by atoms with Crippen molar-refractivity contribution in [1.29, 1.82) is 0 Å². The van der Waals surface area contributed by atoms with E-state index in [4.69, 9.17) is 9.52 Å². The van der Waals surface area contributed by atoms with Crippen molar-refractivity contribution in [3.8, 4) is 0 Å². The Morgan fingerprint density at radius 3 is 2.60 bits per heavy atom. The van der Waals surface area contributed by atoms with E-state index in [9.17, 15) is 14.9 Å². The molecule has 1 aromatic heterocycles. The van der Waals surface area contributed by atoms with Crippen molar-refractivity contribution in [1.82, 2.24) is 0 Å². The normalized spacial score (nSPS) is 10.8. The molecule has 0 aliphatic rings. The zero-order valence-electron chi connectivity index (χ0n) is 9.95. The monoisotopic (exact) mass is 385 g/mol. The number of nitrogens with zero attached hydrogens (tertiary/aromatic N) is 1. The lowest BCUT2D eigenvalue weighted by Gasteiger charge is -2.02. The standard InChI is InChI=1S/C13H8INO5/c14-12-7-5-8(20-12)4-6-9-10(13(16)17)2-1-3-11(9)15(18)19/h1-7H,(H,16,17)/b6-4+. The first-order valence-electron chi connectivity index (χ1n) is 5.43. The Hall–Kier alpha value is -2.16. The second-order valence-electron chi connectivity index (χ2n) is 3.78. The van der Waals surface area contributed by atoms with Gasteiger partial charge in [-0.25, -0.2) is 4.79 Å². The average Bonchev–Trinajstić information content (AvgIpc) is 2.81. The van der Waals surface area contributed by atoms with Crippen LogP contribution in [0.4, 0.5) is 5.69 Å². The molecule has 0 spiro atoms. The highest BCUT2D eigenvalue weighted by atomic mass is 127. The molecule has 2 rings (SSSR count). The Morgan fingerprint density at radius 2 is 2.05 bits per heavy atom. The van der Waals surface area contributed by atoms with Gasteiger partial charge >= 0.3 is 5.97 Å². The van der Waals surface area contributed by atoms with Gasteiger partial charge in [-0.3, -0.25) is 10.1 Å². The summed E-state index contributed by atoms with van der Waals surface area (Å²) in [5.41, 5.74) is -0.351. The highest BCUT2D eigenvalue weighted by Crippen LogP contribution is 2.25. The fourth-order valence-corrected chi connectivity index (χ4v) is 2.09. The summed E-state index contributed by atoms with van der Waals surface area (Å²) in [5.74, 6) is -0.730. The van der Waals surface area contributed by atoms with Crippen molar-refractivity contribution in [3.05, 3.63) is 61.1 Å². The molecule has 20 heavy (non-hydrogen) atoms. The van der Waals surface area contributed by atoms with E-state index >= 15 is 0 Å². The Balaban J connectivity index is 2.50. The van der Waals surface area contributed by atoms with Gasteiger partial charge in [0.05, 0.1) is 16.1 Å². The van der Waals surface area contributed by atoms with Crippen LogP contribution >= 0.6 is 22.6 Å². The number of rotatable bonds is 4. The van der Waals surface area contributed by atoms with E-state index in [0.29, 0.717) is 9.53 Å². The van der Waals surface area contributed by atoms with E-state index in [-0.39, 0.29) is 16.8 Å². The minimum Gasteiger partial charge on any atom is -0.478 e. The van der Waals surface area contributed by atoms with E-state index in [1.165, 1.54) is 30.4 Å². The molecule has 0 radical (unpaired) electrons. The molecule has 0 atom stereocenters. The van der Waals surface area contributed by atoms with Gasteiger partial charge in [0.15, 0.2) is 3.77 Å². The zero-order valence-corrected chi connectivity index (χ0v) is 12.1. The van der Waals surface area contributed by atoms with Gasteiger partial charge in [0.1, 0.15) is 5.76 Å². The summed E-state index contributed by atoms with van der Waals surface area (Å²) < 4.78 is 5.96. The molecule has 0 saturated carbocycles. The summed E-state index contributed by atoms with van der Waals surface area (Å²) >= 11 is 1.99. The van der Waals surface area contributed by atoms with Crippen LogP contribution in [-0.2, 0) is 0 Å². The summed E-state index contributed by atoms with van der Waals surface area (Å²) in [6, 6.07) is 7.35. The molecule has 0 aliphatic carbocycles. The van der Waals surface area contributed by atoms with E-state index in [1.807, 2.05) is 22.6 Å². The predicted molar refractivity (Wildman–Crippen MR) is 80.4 cm³/mol. The van der Waals surface area contributed by atoms with E-state index < -0.39 is 10.9 Å². The van der Waals surface area contributed by atoms with Crippen molar-refractivity contribution < 1.29 is 19.2 Å². The lowest BCUT2D eigenvalue weighted by atomic mass is 10.0. The number of nitro benzene ring substituents is 1. The van der Waals surface area contributed by atoms with Gasteiger partial charge in [0.25, 0.3) is 5.69 Å². The number of hydrogen-bond acceptors (Lipinski definition) is 4. The smallest absolute Gasteiger partial charge is 0.336 e. The largest absolute Gasteiger partial charge is 0.478 e. The number of carboxylic acids is 1. The zero-order chi connectivity index (χ0) is 14.7. The van der Waals surface area contributed by atoms with Crippen molar-refractivity contribution in [2.75, 3.05) is 0 Å².